The quantitative estimate of drug-likeness (QED) is 0.477. The molecule has 0 saturated carbocycles. The maximum absolute atomic E-state index is 10.6. The molecule has 0 saturated heterocycles. The van der Waals surface area contributed by atoms with Crippen LogP contribution in [0.2, 0.25) is 0 Å². The van der Waals surface area contributed by atoms with Gasteiger partial charge in [0.15, 0.2) is 0 Å². The van der Waals surface area contributed by atoms with Crippen LogP contribution in [0.3, 0.4) is 0 Å². The first-order valence-corrected chi connectivity index (χ1v) is 4.49. The Morgan fingerprint density at radius 1 is 1.64 bits per heavy atom. The van der Waals surface area contributed by atoms with Crippen LogP contribution in [0.15, 0.2) is 0 Å². The highest BCUT2D eigenvalue weighted by Crippen LogP contribution is 2.04. The van der Waals surface area contributed by atoms with Crippen LogP contribution in [-0.2, 0) is 9.53 Å². The fourth-order valence-electron chi connectivity index (χ4n) is 0.806. The van der Waals surface area contributed by atoms with Crippen molar-refractivity contribution in [3.63, 3.8) is 0 Å². The molecule has 0 radical (unpaired) electrons. The topological polar surface area (TPSA) is 26.3 Å². The smallest absolute Gasteiger partial charge is 0.321 e. The van der Waals surface area contributed by atoms with E-state index >= 15 is 0 Å². The molecule has 0 rings (SSSR count). The van der Waals surface area contributed by atoms with Crippen LogP contribution in [0.1, 0.15) is 33.1 Å². The summed E-state index contributed by atoms with van der Waals surface area (Å²) in [5.74, 6) is -0.369. The second-order valence-electron chi connectivity index (χ2n) is 2.58. The molecular weight excluding hydrogens is 164 g/mol. The Morgan fingerprint density at radius 2 is 2.27 bits per heavy atom. The summed E-state index contributed by atoms with van der Waals surface area (Å²) in [6, 6.07) is 0. The Hall–Kier alpha value is -0.240. The van der Waals surface area contributed by atoms with Gasteiger partial charge in [0, 0.05) is 0 Å². The third-order valence-electron chi connectivity index (χ3n) is 1.41. The number of esters is 1. The van der Waals surface area contributed by atoms with Crippen molar-refractivity contribution in [3.05, 3.63) is 0 Å². The molecule has 0 heterocycles. The number of halogens is 1. The van der Waals surface area contributed by atoms with Gasteiger partial charge in [-0.25, -0.2) is 0 Å². The molecule has 0 fully saturated rings. The number of hydrogen-bond donors (Lipinski definition) is 0. The second-order valence-corrected chi connectivity index (χ2v) is 2.84. The van der Waals surface area contributed by atoms with Crippen LogP contribution in [0, 0.1) is 0 Å². The number of hydrogen-bond acceptors (Lipinski definition) is 2. The van der Waals surface area contributed by atoms with Crippen LogP contribution in [-0.4, -0.2) is 18.0 Å². The fourth-order valence-corrected chi connectivity index (χ4v) is 0.869. The van der Waals surface area contributed by atoms with Crippen molar-refractivity contribution in [2.75, 3.05) is 5.88 Å². The van der Waals surface area contributed by atoms with Crippen LogP contribution in [0.4, 0.5) is 0 Å². The SMILES string of the molecule is CCCC[C@H](C)OC(=O)CCl. The van der Waals surface area contributed by atoms with Gasteiger partial charge in [-0.3, -0.25) is 4.79 Å². The summed E-state index contributed by atoms with van der Waals surface area (Å²) in [7, 11) is 0. The van der Waals surface area contributed by atoms with E-state index in [1.165, 1.54) is 0 Å². The third-order valence-corrected chi connectivity index (χ3v) is 1.62. The standard InChI is InChI=1S/C8H15ClO2/c1-3-4-5-7(2)11-8(10)6-9/h7H,3-6H2,1-2H3/t7-/m0/s1. The molecule has 1 atom stereocenters. The molecule has 0 bridgehead atoms. The molecule has 0 N–H and O–H groups in total. The summed E-state index contributed by atoms with van der Waals surface area (Å²) in [4.78, 5) is 10.6. The van der Waals surface area contributed by atoms with Crippen molar-refractivity contribution in [2.45, 2.75) is 39.2 Å². The van der Waals surface area contributed by atoms with E-state index in [9.17, 15) is 4.79 Å². The van der Waals surface area contributed by atoms with E-state index in [1.807, 2.05) is 6.92 Å². The first kappa shape index (κ1) is 10.8. The molecule has 3 heteroatoms. The number of carbonyl (C=O) groups excluding carboxylic acids is 1. The molecule has 0 spiro atoms. The van der Waals surface area contributed by atoms with Gasteiger partial charge < -0.3 is 4.74 Å². The highest BCUT2D eigenvalue weighted by molar-refractivity contribution is 6.26. The monoisotopic (exact) mass is 178 g/mol. The Labute approximate surface area is 72.9 Å². The zero-order chi connectivity index (χ0) is 8.69. The van der Waals surface area contributed by atoms with Gasteiger partial charge in [-0.1, -0.05) is 19.8 Å². The van der Waals surface area contributed by atoms with E-state index in [0.29, 0.717) is 0 Å². The maximum atomic E-state index is 10.6. The number of ether oxygens (including phenoxy) is 1. The minimum atomic E-state index is -0.324. The zero-order valence-electron chi connectivity index (χ0n) is 7.10. The van der Waals surface area contributed by atoms with Gasteiger partial charge >= 0.3 is 5.97 Å². The van der Waals surface area contributed by atoms with Crippen LogP contribution in [0.5, 0.6) is 0 Å². The van der Waals surface area contributed by atoms with E-state index in [1.54, 1.807) is 0 Å². The van der Waals surface area contributed by atoms with Gasteiger partial charge in [-0.2, -0.15) is 0 Å². The summed E-state index contributed by atoms with van der Waals surface area (Å²) < 4.78 is 4.93. The lowest BCUT2D eigenvalue weighted by atomic mass is 10.2. The molecular formula is C8H15ClO2. The Bertz CT molecular complexity index is 115. The van der Waals surface area contributed by atoms with Gasteiger partial charge in [0.25, 0.3) is 0 Å². The van der Waals surface area contributed by atoms with E-state index < -0.39 is 0 Å². The van der Waals surface area contributed by atoms with Crippen molar-refractivity contribution in [2.24, 2.45) is 0 Å². The van der Waals surface area contributed by atoms with Gasteiger partial charge in [0.05, 0.1) is 6.10 Å². The predicted octanol–water partition coefficient (Wildman–Crippen LogP) is 2.35. The van der Waals surface area contributed by atoms with Crippen LogP contribution >= 0.6 is 11.6 Å². The summed E-state index contributed by atoms with van der Waals surface area (Å²) >= 11 is 5.26. The summed E-state index contributed by atoms with van der Waals surface area (Å²) in [6.07, 6.45) is 3.17. The van der Waals surface area contributed by atoms with Gasteiger partial charge in [-0.05, 0) is 13.3 Å². The van der Waals surface area contributed by atoms with Crippen molar-refractivity contribution >= 4 is 17.6 Å². The molecule has 0 aliphatic carbocycles. The number of rotatable bonds is 5. The number of alkyl halides is 1. The largest absolute Gasteiger partial charge is 0.462 e. The van der Waals surface area contributed by atoms with E-state index in [0.717, 1.165) is 19.3 Å². The highest BCUT2D eigenvalue weighted by Gasteiger charge is 2.06. The summed E-state index contributed by atoms with van der Waals surface area (Å²) in [5, 5.41) is 0. The first-order chi connectivity index (χ1) is 5.20. The van der Waals surface area contributed by atoms with Gasteiger partial charge in [0.1, 0.15) is 5.88 Å². The van der Waals surface area contributed by atoms with Crippen LogP contribution in [0.25, 0.3) is 0 Å². The lowest BCUT2D eigenvalue weighted by Gasteiger charge is -2.10. The molecule has 0 aliphatic heterocycles. The zero-order valence-corrected chi connectivity index (χ0v) is 7.86. The molecule has 0 aromatic carbocycles. The fraction of sp³-hybridized carbons (Fsp3) is 0.875. The summed E-state index contributed by atoms with van der Waals surface area (Å²) in [5.41, 5.74) is 0. The predicted molar refractivity (Wildman–Crippen MR) is 45.8 cm³/mol. The lowest BCUT2D eigenvalue weighted by Crippen LogP contribution is -2.15. The van der Waals surface area contributed by atoms with E-state index in [4.69, 9.17) is 16.3 Å². The average Bonchev–Trinajstić information content (AvgIpc) is 2.00. The number of unbranched alkanes of at least 4 members (excludes halogenated alkanes) is 1. The molecule has 0 unspecified atom stereocenters. The second kappa shape index (κ2) is 6.47. The molecule has 66 valence electrons. The molecule has 11 heavy (non-hydrogen) atoms. The van der Waals surface area contributed by atoms with Crippen molar-refractivity contribution in [3.8, 4) is 0 Å². The Morgan fingerprint density at radius 3 is 2.73 bits per heavy atom. The normalized spacial score (nSPS) is 12.6. The molecule has 0 amide bonds. The number of carbonyl (C=O) groups is 1. The summed E-state index contributed by atoms with van der Waals surface area (Å²) in [6.45, 7) is 4.00. The average molecular weight is 179 g/mol. The minimum absolute atomic E-state index is 0.0150. The Kier molecular flexibility index (Phi) is 6.33. The van der Waals surface area contributed by atoms with Gasteiger partial charge in [-0.15, -0.1) is 11.6 Å². The molecule has 0 aromatic rings. The minimum Gasteiger partial charge on any atom is -0.462 e. The first-order valence-electron chi connectivity index (χ1n) is 3.96. The molecule has 2 nitrogen and oxygen atoms in total. The molecule has 0 aromatic heterocycles. The van der Waals surface area contributed by atoms with Gasteiger partial charge in [0.2, 0.25) is 0 Å². The third kappa shape index (κ3) is 6.17. The van der Waals surface area contributed by atoms with Crippen molar-refractivity contribution < 1.29 is 9.53 Å². The Balaban J connectivity index is 3.35. The van der Waals surface area contributed by atoms with Crippen molar-refractivity contribution in [1.82, 2.24) is 0 Å². The van der Waals surface area contributed by atoms with E-state index in [-0.39, 0.29) is 18.0 Å². The lowest BCUT2D eigenvalue weighted by molar-refractivity contribution is -0.145. The highest BCUT2D eigenvalue weighted by atomic mass is 35.5. The van der Waals surface area contributed by atoms with Crippen molar-refractivity contribution in [1.29, 1.82) is 0 Å². The van der Waals surface area contributed by atoms with E-state index in [2.05, 4.69) is 6.92 Å². The van der Waals surface area contributed by atoms with Crippen LogP contribution < -0.4 is 0 Å². The maximum Gasteiger partial charge on any atom is 0.321 e. The molecule has 0 aliphatic rings.